The van der Waals surface area contributed by atoms with Crippen LogP contribution in [0, 0.1) is 0 Å². The van der Waals surface area contributed by atoms with Crippen molar-refractivity contribution >= 4 is 23.7 Å². The summed E-state index contributed by atoms with van der Waals surface area (Å²) < 4.78 is 0. The van der Waals surface area contributed by atoms with Crippen LogP contribution in [-0.2, 0) is 6.54 Å². The van der Waals surface area contributed by atoms with Crippen LogP contribution in [0.5, 0.6) is 0 Å². The van der Waals surface area contributed by atoms with Crippen molar-refractivity contribution < 1.29 is 4.79 Å². The van der Waals surface area contributed by atoms with E-state index in [2.05, 4.69) is 10.6 Å². The summed E-state index contributed by atoms with van der Waals surface area (Å²) in [4.78, 5) is 11.6. The van der Waals surface area contributed by atoms with Crippen molar-refractivity contribution in [2.24, 2.45) is 0 Å². The fourth-order valence-electron chi connectivity index (χ4n) is 1.66. The Hall–Kier alpha value is -2.26. The summed E-state index contributed by atoms with van der Waals surface area (Å²) in [5.74, 6) is 0. The van der Waals surface area contributed by atoms with Gasteiger partial charge >= 0.3 is 6.03 Å². The van der Waals surface area contributed by atoms with E-state index >= 15 is 0 Å². The summed E-state index contributed by atoms with van der Waals surface area (Å²) in [6, 6.07) is 16.9. The van der Waals surface area contributed by atoms with Gasteiger partial charge in [-0.15, -0.1) is 0 Å². The summed E-state index contributed by atoms with van der Waals surface area (Å²) in [5.41, 5.74) is 1.99. The number of halogens is 1. The zero-order chi connectivity index (χ0) is 14.2. The second kappa shape index (κ2) is 7.36. The van der Waals surface area contributed by atoms with Crippen LogP contribution in [0.25, 0.3) is 6.08 Å². The van der Waals surface area contributed by atoms with Crippen molar-refractivity contribution in [1.29, 1.82) is 0 Å². The number of hydrogen-bond donors (Lipinski definition) is 2. The van der Waals surface area contributed by atoms with Crippen LogP contribution in [0.1, 0.15) is 11.1 Å². The molecular formula is C16H15ClN2O. The van der Waals surface area contributed by atoms with Crippen LogP contribution in [-0.4, -0.2) is 6.03 Å². The molecule has 2 aromatic rings. The van der Waals surface area contributed by atoms with Crippen LogP contribution in [0.2, 0.25) is 5.02 Å². The SMILES string of the molecule is O=C(N/C=C/c1ccccc1)NCc1cccc(Cl)c1. The monoisotopic (exact) mass is 286 g/mol. The first-order valence-electron chi connectivity index (χ1n) is 6.24. The molecule has 0 atom stereocenters. The zero-order valence-corrected chi connectivity index (χ0v) is 11.6. The molecule has 3 nitrogen and oxygen atoms in total. The summed E-state index contributed by atoms with van der Waals surface area (Å²) in [6.07, 6.45) is 3.45. The molecule has 0 saturated carbocycles. The first-order valence-corrected chi connectivity index (χ1v) is 6.62. The first-order chi connectivity index (χ1) is 9.74. The van der Waals surface area contributed by atoms with Crippen molar-refractivity contribution in [3.63, 3.8) is 0 Å². The van der Waals surface area contributed by atoms with E-state index in [1.165, 1.54) is 0 Å². The summed E-state index contributed by atoms with van der Waals surface area (Å²) in [6.45, 7) is 0.436. The van der Waals surface area contributed by atoms with E-state index < -0.39 is 0 Å². The minimum atomic E-state index is -0.253. The molecule has 0 unspecified atom stereocenters. The molecule has 0 aliphatic rings. The topological polar surface area (TPSA) is 41.1 Å². The van der Waals surface area contributed by atoms with E-state index in [0.29, 0.717) is 11.6 Å². The molecule has 2 amide bonds. The highest BCUT2D eigenvalue weighted by Gasteiger charge is 1.98. The van der Waals surface area contributed by atoms with Gasteiger partial charge in [-0.25, -0.2) is 4.79 Å². The lowest BCUT2D eigenvalue weighted by molar-refractivity contribution is 0.244. The number of rotatable bonds is 4. The van der Waals surface area contributed by atoms with Crippen molar-refractivity contribution in [2.45, 2.75) is 6.54 Å². The number of nitrogens with one attached hydrogen (secondary N) is 2. The van der Waals surface area contributed by atoms with Crippen LogP contribution in [0.3, 0.4) is 0 Å². The minimum absolute atomic E-state index is 0.253. The third-order valence-corrected chi connectivity index (χ3v) is 2.87. The average molecular weight is 287 g/mol. The lowest BCUT2D eigenvalue weighted by Crippen LogP contribution is -2.31. The van der Waals surface area contributed by atoms with Gasteiger partial charge in [0.05, 0.1) is 0 Å². The van der Waals surface area contributed by atoms with Crippen molar-refractivity contribution in [3.8, 4) is 0 Å². The maximum absolute atomic E-state index is 11.6. The highest BCUT2D eigenvalue weighted by atomic mass is 35.5. The predicted molar refractivity (Wildman–Crippen MR) is 82.3 cm³/mol. The first kappa shape index (κ1) is 14.2. The Kier molecular flexibility index (Phi) is 5.21. The van der Waals surface area contributed by atoms with Crippen LogP contribution in [0.4, 0.5) is 4.79 Å². The van der Waals surface area contributed by atoms with Gasteiger partial charge in [-0.3, -0.25) is 0 Å². The summed E-state index contributed by atoms with van der Waals surface area (Å²) >= 11 is 5.87. The van der Waals surface area contributed by atoms with E-state index in [1.807, 2.05) is 54.6 Å². The number of urea groups is 1. The minimum Gasteiger partial charge on any atom is -0.334 e. The van der Waals surface area contributed by atoms with E-state index in [9.17, 15) is 4.79 Å². The quantitative estimate of drug-likeness (QED) is 0.882. The molecule has 0 aliphatic heterocycles. The maximum atomic E-state index is 11.6. The van der Waals surface area contributed by atoms with Crippen molar-refractivity contribution in [2.75, 3.05) is 0 Å². The Labute approximate surface area is 123 Å². The van der Waals surface area contributed by atoms with Crippen LogP contribution >= 0.6 is 11.6 Å². The van der Waals surface area contributed by atoms with Gasteiger partial charge < -0.3 is 10.6 Å². The molecule has 0 spiro atoms. The molecule has 2 N–H and O–H groups in total. The molecule has 0 fully saturated rings. The molecule has 20 heavy (non-hydrogen) atoms. The molecule has 0 aliphatic carbocycles. The molecule has 4 heteroatoms. The van der Waals surface area contributed by atoms with Gasteiger partial charge in [-0.05, 0) is 29.3 Å². The second-order valence-corrected chi connectivity index (χ2v) is 4.64. The predicted octanol–water partition coefficient (Wildman–Crippen LogP) is 3.81. The van der Waals surface area contributed by atoms with Crippen molar-refractivity contribution in [1.82, 2.24) is 10.6 Å². The fourth-order valence-corrected chi connectivity index (χ4v) is 1.87. The smallest absolute Gasteiger partial charge is 0.319 e. The van der Waals surface area contributed by atoms with E-state index in [4.69, 9.17) is 11.6 Å². The largest absolute Gasteiger partial charge is 0.334 e. The summed E-state index contributed by atoms with van der Waals surface area (Å²) in [5, 5.41) is 6.07. The number of benzene rings is 2. The highest BCUT2D eigenvalue weighted by molar-refractivity contribution is 6.30. The van der Waals surface area contributed by atoms with E-state index in [0.717, 1.165) is 11.1 Å². The normalized spacial score (nSPS) is 10.4. The Bertz CT molecular complexity index is 596. The maximum Gasteiger partial charge on any atom is 0.319 e. The number of hydrogen-bond acceptors (Lipinski definition) is 1. The molecule has 2 aromatic carbocycles. The number of carbonyl (C=O) groups is 1. The Morgan fingerprint density at radius 2 is 1.90 bits per heavy atom. The second-order valence-electron chi connectivity index (χ2n) is 4.20. The molecule has 0 heterocycles. The fraction of sp³-hybridized carbons (Fsp3) is 0.0625. The van der Waals surface area contributed by atoms with Gasteiger partial charge in [-0.2, -0.15) is 0 Å². The molecule has 102 valence electrons. The average Bonchev–Trinajstić information content (AvgIpc) is 2.46. The zero-order valence-electron chi connectivity index (χ0n) is 10.8. The van der Waals surface area contributed by atoms with Gasteiger partial charge in [0, 0.05) is 17.8 Å². The lowest BCUT2D eigenvalue weighted by Gasteiger charge is -2.05. The molecule has 0 aromatic heterocycles. The van der Waals surface area contributed by atoms with E-state index in [-0.39, 0.29) is 6.03 Å². The van der Waals surface area contributed by atoms with Crippen LogP contribution < -0.4 is 10.6 Å². The van der Waals surface area contributed by atoms with Gasteiger partial charge in [0.2, 0.25) is 0 Å². The highest BCUT2D eigenvalue weighted by Crippen LogP contribution is 2.10. The third kappa shape index (κ3) is 4.78. The van der Waals surface area contributed by atoms with Gasteiger partial charge in [0.15, 0.2) is 0 Å². The molecule has 2 rings (SSSR count). The van der Waals surface area contributed by atoms with Crippen LogP contribution in [0.15, 0.2) is 60.8 Å². The Morgan fingerprint density at radius 3 is 2.65 bits per heavy atom. The molecular weight excluding hydrogens is 272 g/mol. The number of carbonyl (C=O) groups excluding carboxylic acids is 1. The van der Waals surface area contributed by atoms with Gasteiger partial charge in [0.25, 0.3) is 0 Å². The molecule has 0 saturated heterocycles. The van der Waals surface area contributed by atoms with E-state index in [1.54, 1.807) is 12.3 Å². The Morgan fingerprint density at radius 1 is 1.10 bits per heavy atom. The number of amides is 2. The standard InChI is InChI=1S/C16H15ClN2O/c17-15-8-4-7-14(11-15)12-19-16(20)18-10-9-13-5-2-1-3-6-13/h1-11H,12H2,(H2,18,19,20)/b10-9+. The van der Waals surface area contributed by atoms with Gasteiger partial charge in [-0.1, -0.05) is 54.1 Å². The Balaban J connectivity index is 1.77. The lowest BCUT2D eigenvalue weighted by atomic mass is 10.2. The van der Waals surface area contributed by atoms with Crippen molar-refractivity contribution in [3.05, 3.63) is 76.9 Å². The summed E-state index contributed by atoms with van der Waals surface area (Å²) in [7, 11) is 0. The molecule has 0 bridgehead atoms. The molecule has 0 radical (unpaired) electrons. The van der Waals surface area contributed by atoms with Gasteiger partial charge in [0.1, 0.15) is 0 Å². The third-order valence-electron chi connectivity index (χ3n) is 2.63.